The van der Waals surface area contributed by atoms with E-state index in [2.05, 4.69) is 9.97 Å². The maximum absolute atomic E-state index is 11.0. The van der Waals surface area contributed by atoms with Crippen LogP contribution in [0.3, 0.4) is 0 Å². The van der Waals surface area contributed by atoms with Crippen molar-refractivity contribution in [1.29, 1.82) is 0 Å². The van der Waals surface area contributed by atoms with E-state index in [1.165, 1.54) is 0 Å². The number of anilines is 2. The van der Waals surface area contributed by atoms with Gasteiger partial charge in [-0.15, -0.1) is 0 Å². The number of nitro benzene ring substituents is 2. The third kappa shape index (κ3) is 1.34. The van der Waals surface area contributed by atoms with Crippen LogP contribution in [0.4, 0.5) is 22.7 Å². The van der Waals surface area contributed by atoms with Crippen LogP contribution in [0.1, 0.15) is 0 Å². The van der Waals surface area contributed by atoms with Crippen LogP contribution >= 0.6 is 0 Å². The molecular formula is C7H5N6O5-. The van der Waals surface area contributed by atoms with Crippen molar-refractivity contribution in [2.45, 2.75) is 0 Å². The molecule has 0 saturated heterocycles. The number of fused-ring (bicyclic) bond motifs is 1. The molecular weight excluding hydrogens is 248 g/mol. The smallest absolute Gasteiger partial charge is 0.373 e. The van der Waals surface area contributed by atoms with Gasteiger partial charge < -0.3 is 21.6 Å². The van der Waals surface area contributed by atoms with Gasteiger partial charge in [-0.25, -0.2) is 4.98 Å². The molecule has 94 valence electrons. The predicted molar refractivity (Wildman–Crippen MR) is 57.7 cm³/mol. The molecule has 0 unspecified atom stereocenters. The fraction of sp³-hybridized carbons (Fsp3) is 0. The predicted octanol–water partition coefficient (Wildman–Crippen LogP) is -0.383. The van der Waals surface area contributed by atoms with Crippen LogP contribution in [-0.4, -0.2) is 19.8 Å². The zero-order chi connectivity index (χ0) is 13.6. The summed E-state index contributed by atoms with van der Waals surface area (Å²) in [5, 5.41) is 32.6. The first-order chi connectivity index (χ1) is 8.34. The Labute approximate surface area is 97.3 Å². The van der Waals surface area contributed by atoms with Crippen molar-refractivity contribution in [2.24, 2.45) is 0 Å². The number of aromatic nitrogens is 2. The van der Waals surface area contributed by atoms with Gasteiger partial charge in [0.15, 0.2) is 0 Å². The second kappa shape index (κ2) is 3.44. The van der Waals surface area contributed by atoms with Crippen LogP contribution in [0.25, 0.3) is 11.0 Å². The molecule has 0 radical (unpaired) electrons. The summed E-state index contributed by atoms with van der Waals surface area (Å²) in [7, 11) is 0. The number of nitrogens with one attached hydrogen (secondary N) is 1. The van der Waals surface area contributed by atoms with E-state index in [9.17, 15) is 25.3 Å². The minimum absolute atomic E-state index is 0.185. The lowest BCUT2D eigenvalue weighted by molar-refractivity contribution is -0.421. The Bertz CT molecular complexity index is 634. The van der Waals surface area contributed by atoms with E-state index in [1.807, 2.05) is 0 Å². The summed E-state index contributed by atoms with van der Waals surface area (Å²) in [5.41, 5.74) is 7.34. The molecule has 1 aromatic heterocycles. The van der Waals surface area contributed by atoms with E-state index in [0.29, 0.717) is 0 Å². The van der Waals surface area contributed by atoms with E-state index in [4.69, 9.17) is 11.5 Å². The van der Waals surface area contributed by atoms with Gasteiger partial charge in [0.25, 0.3) is 0 Å². The van der Waals surface area contributed by atoms with Crippen molar-refractivity contribution in [3.63, 3.8) is 0 Å². The van der Waals surface area contributed by atoms with Crippen molar-refractivity contribution >= 4 is 33.8 Å². The fourth-order valence-electron chi connectivity index (χ4n) is 1.60. The maximum atomic E-state index is 11.0. The summed E-state index contributed by atoms with van der Waals surface area (Å²) in [6.07, 6.45) is 0. The summed E-state index contributed by atoms with van der Waals surface area (Å²) < 4.78 is 0. The number of nitro groups is 2. The standard InChI is InChI=1S/C7H6N6O5/c8-1-3-4(11-7(14)10-3)2(9)6(13(17)18)5(1)12(15)16/h8-9H2,(H2,10,11,14)/p-1. The van der Waals surface area contributed by atoms with Gasteiger partial charge in [0.2, 0.25) is 0 Å². The summed E-state index contributed by atoms with van der Waals surface area (Å²) in [6, 6.07) is -0.849. The Morgan fingerprint density at radius 3 is 2.06 bits per heavy atom. The third-order valence-corrected chi connectivity index (χ3v) is 2.31. The molecule has 0 bridgehead atoms. The number of rotatable bonds is 2. The lowest BCUT2D eigenvalue weighted by Gasteiger charge is -2.03. The van der Waals surface area contributed by atoms with Gasteiger partial charge in [-0.3, -0.25) is 20.2 Å². The van der Waals surface area contributed by atoms with Gasteiger partial charge in [-0.05, 0) is 0 Å². The molecule has 0 fully saturated rings. The minimum atomic E-state index is -1.04. The lowest BCUT2D eigenvalue weighted by Crippen LogP contribution is -2.05. The van der Waals surface area contributed by atoms with Crippen molar-refractivity contribution in [3.05, 3.63) is 20.2 Å². The molecule has 0 spiro atoms. The average Bonchev–Trinajstić information content (AvgIpc) is 2.64. The molecule has 1 heterocycles. The molecule has 0 atom stereocenters. The first-order valence-electron chi connectivity index (χ1n) is 4.41. The number of nitrogen functional groups attached to an aromatic ring is 2. The van der Waals surface area contributed by atoms with Crippen LogP contribution in [0, 0.1) is 20.2 Å². The summed E-state index contributed by atoms with van der Waals surface area (Å²) in [4.78, 5) is 25.0. The van der Waals surface area contributed by atoms with Crippen LogP contribution in [0.5, 0.6) is 6.01 Å². The Morgan fingerprint density at radius 2 is 1.56 bits per heavy atom. The Hall–Kier alpha value is -3.11. The third-order valence-electron chi connectivity index (χ3n) is 2.31. The first-order valence-corrected chi connectivity index (χ1v) is 4.41. The van der Waals surface area contributed by atoms with Crippen molar-refractivity contribution in [1.82, 2.24) is 9.97 Å². The number of benzene rings is 1. The second-order valence-corrected chi connectivity index (χ2v) is 3.30. The van der Waals surface area contributed by atoms with Gasteiger partial charge in [-0.1, -0.05) is 0 Å². The first kappa shape index (κ1) is 11.4. The van der Waals surface area contributed by atoms with E-state index >= 15 is 0 Å². The van der Waals surface area contributed by atoms with Crippen LogP contribution in [0.15, 0.2) is 0 Å². The highest BCUT2D eigenvalue weighted by molar-refractivity contribution is 6.05. The Morgan fingerprint density at radius 1 is 1.06 bits per heavy atom. The molecule has 0 amide bonds. The van der Waals surface area contributed by atoms with E-state index in [0.717, 1.165) is 0 Å². The number of imidazole rings is 1. The monoisotopic (exact) mass is 253 g/mol. The van der Waals surface area contributed by atoms with Gasteiger partial charge in [-0.2, -0.15) is 0 Å². The molecule has 2 rings (SSSR count). The van der Waals surface area contributed by atoms with Gasteiger partial charge >= 0.3 is 11.4 Å². The molecule has 0 aliphatic carbocycles. The summed E-state index contributed by atoms with van der Waals surface area (Å²) in [6.45, 7) is 0. The summed E-state index contributed by atoms with van der Waals surface area (Å²) >= 11 is 0. The second-order valence-electron chi connectivity index (χ2n) is 3.30. The van der Waals surface area contributed by atoms with E-state index in [1.54, 1.807) is 0 Å². The number of nitrogens with zero attached hydrogens (tertiary/aromatic N) is 3. The molecule has 0 saturated carbocycles. The quantitative estimate of drug-likeness (QED) is 0.366. The number of hydrogen-bond acceptors (Lipinski definition) is 8. The van der Waals surface area contributed by atoms with Gasteiger partial charge in [0, 0.05) is 0 Å². The number of hydrogen-bond donors (Lipinski definition) is 3. The molecule has 1 aromatic carbocycles. The highest BCUT2D eigenvalue weighted by Crippen LogP contribution is 2.43. The normalized spacial score (nSPS) is 10.7. The maximum Gasteiger partial charge on any atom is 0.373 e. The zero-order valence-corrected chi connectivity index (χ0v) is 8.54. The van der Waals surface area contributed by atoms with Crippen molar-refractivity contribution in [2.75, 3.05) is 11.5 Å². The highest BCUT2D eigenvalue weighted by Gasteiger charge is 2.35. The van der Waals surface area contributed by atoms with E-state index < -0.39 is 38.6 Å². The molecule has 11 heteroatoms. The lowest BCUT2D eigenvalue weighted by atomic mass is 10.1. The van der Waals surface area contributed by atoms with Crippen LogP contribution in [-0.2, 0) is 0 Å². The Kier molecular flexibility index (Phi) is 2.18. The number of H-pyrrole nitrogens is 1. The molecule has 18 heavy (non-hydrogen) atoms. The number of nitrogens with two attached hydrogens (primary N) is 2. The molecule has 0 aliphatic heterocycles. The zero-order valence-electron chi connectivity index (χ0n) is 8.54. The number of aromatic amines is 1. The highest BCUT2D eigenvalue weighted by atomic mass is 16.6. The molecule has 0 aliphatic rings. The van der Waals surface area contributed by atoms with Crippen LogP contribution in [0.2, 0.25) is 0 Å². The van der Waals surface area contributed by atoms with Gasteiger partial charge in [0.05, 0.1) is 21.4 Å². The molecule has 11 nitrogen and oxygen atoms in total. The van der Waals surface area contributed by atoms with E-state index in [-0.39, 0.29) is 11.0 Å². The van der Waals surface area contributed by atoms with Crippen molar-refractivity contribution in [3.8, 4) is 6.01 Å². The fourth-order valence-corrected chi connectivity index (χ4v) is 1.60. The molecule has 2 aromatic rings. The van der Waals surface area contributed by atoms with Gasteiger partial charge in [0.1, 0.15) is 16.9 Å². The van der Waals surface area contributed by atoms with Crippen molar-refractivity contribution < 1.29 is 15.0 Å². The minimum Gasteiger partial charge on any atom is -0.846 e. The van der Waals surface area contributed by atoms with Crippen LogP contribution < -0.4 is 16.6 Å². The molecule has 5 N–H and O–H groups in total. The average molecular weight is 253 g/mol. The summed E-state index contributed by atoms with van der Waals surface area (Å²) in [5.74, 6) is 0. The largest absolute Gasteiger partial charge is 0.846 e. The topological polar surface area (TPSA) is 190 Å². The Balaban J connectivity index is 3.04. The SMILES string of the molecule is Nc1c([N+](=O)[O-])c([N+](=O)[O-])c(N)c2[nH]c([O-])nc12.